The Kier molecular flexibility index (Phi) is 4.40. The Balaban J connectivity index is 1.39. The molecule has 2 aromatic rings. The lowest BCUT2D eigenvalue weighted by atomic mass is 9.77. The van der Waals surface area contributed by atoms with Crippen molar-refractivity contribution in [3.63, 3.8) is 0 Å². The van der Waals surface area contributed by atoms with E-state index in [1.54, 1.807) is 36.5 Å². The van der Waals surface area contributed by atoms with Crippen molar-refractivity contribution >= 4 is 17.5 Å². The molecule has 160 valence electrons. The fourth-order valence-corrected chi connectivity index (χ4v) is 4.66. The first-order chi connectivity index (χ1) is 14.8. The van der Waals surface area contributed by atoms with E-state index >= 15 is 0 Å². The summed E-state index contributed by atoms with van der Waals surface area (Å²) in [6.45, 7) is 0.271. The van der Waals surface area contributed by atoms with Crippen LogP contribution in [-0.4, -0.2) is 35.0 Å². The van der Waals surface area contributed by atoms with Crippen LogP contribution in [0.25, 0.3) is 0 Å². The number of nitrogens with one attached hydrogen (secondary N) is 1. The number of aromatic nitrogens is 1. The number of ether oxygens (including phenoxy) is 1. The van der Waals surface area contributed by atoms with Crippen molar-refractivity contribution in [1.82, 2.24) is 10.3 Å². The second-order valence-electron chi connectivity index (χ2n) is 7.91. The Morgan fingerprint density at radius 1 is 1.26 bits per heavy atom. The van der Waals surface area contributed by atoms with Crippen LogP contribution in [0.1, 0.15) is 11.3 Å². The minimum absolute atomic E-state index is 0.0643. The number of fused-ring (bicyclic) bond motifs is 1. The summed E-state index contributed by atoms with van der Waals surface area (Å²) in [5.74, 6) is -2.30. The number of rotatable bonds is 4. The Morgan fingerprint density at radius 2 is 2.10 bits per heavy atom. The summed E-state index contributed by atoms with van der Waals surface area (Å²) in [6.07, 6.45) is 0.0745. The van der Waals surface area contributed by atoms with Crippen LogP contribution in [0.3, 0.4) is 0 Å². The lowest BCUT2D eigenvalue weighted by Gasteiger charge is -2.23. The highest BCUT2D eigenvalue weighted by molar-refractivity contribution is 6.03. The fourth-order valence-electron chi connectivity index (χ4n) is 4.66. The molecule has 4 heterocycles. The van der Waals surface area contributed by atoms with Gasteiger partial charge in [-0.15, -0.1) is 0 Å². The summed E-state index contributed by atoms with van der Waals surface area (Å²) in [4.78, 5) is 31.7. The fraction of sp³-hybridized carbons (Fsp3) is 0.318. The Hall–Kier alpha value is -3.20. The quantitative estimate of drug-likeness (QED) is 0.759. The zero-order chi connectivity index (χ0) is 21.8. The van der Waals surface area contributed by atoms with E-state index in [0.29, 0.717) is 5.69 Å². The molecule has 0 saturated carbocycles. The van der Waals surface area contributed by atoms with Gasteiger partial charge in [0.15, 0.2) is 0 Å². The van der Waals surface area contributed by atoms with Crippen LogP contribution < -0.4 is 10.2 Å². The minimum atomic E-state index is -4.52. The second kappa shape index (κ2) is 6.91. The summed E-state index contributed by atoms with van der Waals surface area (Å²) in [5.41, 5.74) is -1.04. The standard InChI is InChI=1S/C22H18F3N3O3/c23-22(24,25)13-4-3-6-15(10-13)28-12-21-8-7-16(31-21)17(18(21)20(28)30)19(29)27-11-14-5-1-2-9-26-14/h1-10,16-18H,11-12H2,(H,27,29)/t16-,17-,18+,21-/m1/s1. The van der Waals surface area contributed by atoms with Gasteiger partial charge < -0.3 is 15.0 Å². The van der Waals surface area contributed by atoms with E-state index < -0.39 is 41.2 Å². The molecule has 0 unspecified atom stereocenters. The number of amides is 2. The maximum atomic E-state index is 13.3. The van der Waals surface area contributed by atoms with Gasteiger partial charge in [-0.2, -0.15) is 13.2 Å². The van der Waals surface area contributed by atoms with Gasteiger partial charge in [-0.05, 0) is 30.3 Å². The number of pyridine rings is 1. The highest BCUT2D eigenvalue weighted by Gasteiger charge is 2.67. The van der Waals surface area contributed by atoms with Crippen LogP contribution in [0.4, 0.5) is 18.9 Å². The number of alkyl halides is 3. The molecular formula is C22H18F3N3O3. The average molecular weight is 429 g/mol. The predicted octanol–water partition coefficient (Wildman–Crippen LogP) is 2.70. The van der Waals surface area contributed by atoms with Crippen molar-refractivity contribution in [2.24, 2.45) is 11.8 Å². The van der Waals surface area contributed by atoms with E-state index in [1.807, 2.05) is 0 Å². The van der Waals surface area contributed by atoms with Crippen molar-refractivity contribution in [3.05, 3.63) is 72.1 Å². The van der Waals surface area contributed by atoms with Crippen LogP contribution >= 0.6 is 0 Å². The molecule has 0 aliphatic carbocycles. The number of halogens is 3. The zero-order valence-electron chi connectivity index (χ0n) is 16.2. The monoisotopic (exact) mass is 429 g/mol. The largest absolute Gasteiger partial charge is 0.416 e. The topological polar surface area (TPSA) is 71.5 Å². The SMILES string of the molecule is O=C(NCc1ccccn1)[C@H]1[C@H]2C(=O)N(c3cccc(C(F)(F)F)c3)C[C@]23C=C[C@H]1O3. The van der Waals surface area contributed by atoms with E-state index in [-0.39, 0.29) is 24.7 Å². The molecule has 3 aliphatic rings. The maximum absolute atomic E-state index is 13.3. The van der Waals surface area contributed by atoms with Crippen LogP contribution in [0.2, 0.25) is 0 Å². The molecule has 2 bridgehead atoms. The van der Waals surface area contributed by atoms with Gasteiger partial charge in [0, 0.05) is 11.9 Å². The molecule has 2 saturated heterocycles. The first-order valence-corrected chi connectivity index (χ1v) is 9.82. The molecule has 9 heteroatoms. The normalized spacial score (nSPS) is 28.8. The molecular weight excluding hydrogens is 411 g/mol. The molecule has 1 aromatic carbocycles. The van der Waals surface area contributed by atoms with Gasteiger partial charge in [0.2, 0.25) is 11.8 Å². The average Bonchev–Trinajstić information content (AvgIpc) is 3.40. The molecule has 31 heavy (non-hydrogen) atoms. The summed E-state index contributed by atoms with van der Waals surface area (Å²) in [6, 6.07) is 9.97. The van der Waals surface area contributed by atoms with Gasteiger partial charge in [0.1, 0.15) is 5.60 Å². The number of anilines is 1. The smallest absolute Gasteiger partial charge is 0.360 e. The van der Waals surface area contributed by atoms with E-state index in [9.17, 15) is 22.8 Å². The third kappa shape index (κ3) is 3.20. The maximum Gasteiger partial charge on any atom is 0.416 e. The summed E-state index contributed by atoms with van der Waals surface area (Å²) >= 11 is 0. The van der Waals surface area contributed by atoms with E-state index in [4.69, 9.17) is 4.74 Å². The number of benzene rings is 1. The van der Waals surface area contributed by atoms with Crippen LogP contribution in [0.15, 0.2) is 60.8 Å². The van der Waals surface area contributed by atoms with Crippen molar-refractivity contribution in [3.8, 4) is 0 Å². The third-order valence-electron chi connectivity index (χ3n) is 6.06. The molecule has 5 rings (SSSR count). The van der Waals surface area contributed by atoms with Crippen molar-refractivity contribution in [2.75, 3.05) is 11.4 Å². The molecule has 1 N–H and O–H groups in total. The van der Waals surface area contributed by atoms with Crippen molar-refractivity contribution in [2.45, 2.75) is 24.4 Å². The van der Waals surface area contributed by atoms with Crippen LogP contribution in [-0.2, 0) is 27.0 Å². The Morgan fingerprint density at radius 3 is 2.84 bits per heavy atom. The molecule has 1 aromatic heterocycles. The molecule has 0 radical (unpaired) electrons. The lowest BCUT2D eigenvalue weighted by molar-refractivity contribution is -0.137. The molecule has 3 aliphatic heterocycles. The van der Waals surface area contributed by atoms with Gasteiger partial charge in [0.25, 0.3) is 0 Å². The Labute approximate surface area is 175 Å². The van der Waals surface area contributed by atoms with Gasteiger partial charge in [-0.25, -0.2) is 0 Å². The number of hydrogen-bond donors (Lipinski definition) is 1. The van der Waals surface area contributed by atoms with Gasteiger partial charge in [0.05, 0.1) is 42.3 Å². The van der Waals surface area contributed by atoms with Gasteiger partial charge in [-0.3, -0.25) is 14.6 Å². The van der Waals surface area contributed by atoms with E-state index in [0.717, 1.165) is 12.1 Å². The number of carbonyl (C=O) groups excluding carboxylic acids is 2. The highest BCUT2D eigenvalue weighted by atomic mass is 19.4. The summed E-state index contributed by atoms with van der Waals surface area (Å²) in [7, 11) is 0. The van der Waals surface area contributed by atoms with Crippen molar-refractivity contribution in [1.29, 1.82) is 0 Å². The highest BCUT2D eigenvalue weighted by Crippen LogP contribution is 2.52. The van der Waals surface area contributed by atoms with Crippen LogP contribution in [0.5, 0.6) is 0 Å². The molecule has 4 atom stereocenters. The minimum Gasteiger partial charge on any atom is -0.360 e. The summed E-state index contributed by atoms with van der Waals surface area (Å²) in [5, 5.41) is 2.80. The summed E-state index contributed by atoms with van der Waals surface area (Å²) < 4.78 is 45.4. The lowest BCUT2D eigenvalue weighted by Crippen LogP contribution is -2.44. The Bertz CT molecular complexity index is 1070. The first kappa shape index (κ1) is 19.7. The molecule has 2 amide bonds. The molecule has 2 fully saturated rings. The van der Waals surface area contributed by atoms with Gasteiger partial charge in [-0.1, -0.05) is 24.3 Å². The van der Waals surface area contributed by atoms with Gasteiger partial charge >= 0.3 is 6.18 Å². The van der Waals surface area contributed by atoms with E-state index in [2.05, 4.69) is 10.3 Å². The zero-order valence-corrected chi connectivity index (χ0v) is 16.2. The predicted molar refractivity (Wildman–Crippen MR) is 104 cm³/mol. The number of carbonyl (C=O) groups is 2. The van der Waals surface area contributed by atoms with E-state index in [1.165, 1.54) is 17.0 Å². The molecule has 1 spiro atoms. The van der Waals surface area contributed by atoms with Crippen LogP contribution in [0, 0.1) is 11.8 Å². The third-order valence-corrected chi connectivity index (χ3v) is 6.06. The number of hydrogen-bond acceptors (Lipinski definition) is 4. The first-order valence-electron chi connectivity index (χ1n) is 9.82. The van der Waals surface area contributed by atoms with Crippen molar-refractivity contribution < 1.29 is 27.5 Å². The number of nitrogens with zero attached hydrogens (tertiary/aromatic N) is 2. The second-order valence-corrected chi connectivity index (χ2v) is 7.91. The molecule has 6 nitrogen and oxygen atoms in total.